The van der Waals surface area contributed by atoms with Gasteiger partial charge in [-0.05, 0) is 24.3 Å². The molecule has 0 aliphatic carbocycles. The highest BCUT2D eigenvalue weighted by Gasteiger charge is 2.43. The molecule has 0 radical (unpaired) electrons. The first kappa shape index (κ1) is 27.5. The average Bonchev–Trinajstić information content (AvgIpc) is 3.33. The Kier molecular flexibility index (Phi) is 8.48. The van der Waals surface area contributed by atoms with Crippen molar-refractivity contribution in [1.29, 1.82) is 0 Å². The molecule has 8 N–H and O–H groups in total. The van der Waals surface area contributed by atoms with Gasteiger partial charge in [-0.1, -0.05) is 35.8 Å². The maximum atomic E-state index is 10.3. The lowest BCUT2D eigenvalue weighted by Crippen LogP contribution is -2.58. The van der Waals surface area contributed by atoms with E-state index in [0.717, 1.165) is 10.8 Å². The largest absolute Gasteiger partial charge is 0.394 e. The van der Waals surface area contributed by atoms with Crippen LogP contribution in [0.5, 0.6) is 0 Å². The molecule has 0 unspecified atom stereocenters. The molecule has 2 aliphatic heterocycles. The maximum absolute atomic E-state index is 10.3. The number of fused-ring (bicyclic) bond motifs is 3. The number of methoxy groups -OCH3 is 1. The minimum absolute atomic E-state index is 0.131. The minimum atomic E-state index is -2.61. The summed E-state index contributed by atoms with van der Waals surface area (Å²) < 4.78 is 40.0. The van der Waals surface area contributed by atoms with Gasteiger partial charge in [0.25, 0.3) is 0 Å². The predicted octanol–water partition coefficient (Wildman–Crippen LogP) is -2.17. The molecule has 0 amide bonds. The van der Waals surface area contributed by atoms with Gasteiger partial charge in [0.1, 0.15) is 61.0 Å². The number of ether oxygens (including phenoxy) is 3. The Labute approximate surface area is 251 Å². The fourth-order valence-electron chi connectivity index (χ4n) is 5.38. The highest BCUT2D eigenvalue weighted by atomic mass is 16.5. The van der Waals surface area contributed by atoms with Gasteiger partial charge in [0, 0.05) is 35.5 Å². The van der Waals surface area contributed by atoms with Crippen molar-refractivity contribution in [3.05, 3.63) is 47.5 Å². The first-order valence-corrected chi connectivity index (χ1v) is 13.7. The second-order valence-electron chi connectivity index (χ2n) is 10.5. The summed E-state index contributed by atoms with van der Waals surface area (Å²) in [5.41, 5.74) is 2.33. The second-order valence-corrected chi connectivity index (χ2v) is 10.5. The van der Waals surface area contributed by atoms with Crippen molar-refractivity contribution in [2.24, 2.45) is 0 Å². The van der Waals surface area contributed by atoms with E-state index in [1.165, 1.54) is 0 Å². The van der Waals surface area contributed by atoms with E-state index in [-0.39, 0.29) is 13.2 Å². The minimum Gasteiger partial charge on any atom is -0.394 e. The van der Waals surface area contributed by atoms with Gasteiger partial charge in [-0.15, -0.1) is 0 Å². The molecule has 10 atom stereocenters. The van der Waals surface area contributed by atoms with Crippen molar-refractivity contribution >= 4 is 21.8 Å². The first-order valence-electron chi connectivity index (χ1n) is 15.2. The summed E-state index contributed by atoms with van der Waals surface area (Å²) in [4.78, 5) is 0. The summed E-state index contributed by atoms with van der Waals surface area (Å²) in [6.45, 7) is -1.19. The lowest BCUT2D eigenvalue weighted by atomic mass is 9.95. The van der Waals surface area contributed by atoms with E-state index in [1.54, 1.807) is 24.3 Å². The van der Waals surface area contributed by atoms with Gasteiger partial charge in [0.15, 0.2) is 0 Å². The molecule has 0 spiro atoms. The van der Waals surface area contributed by atoms with Gasteiger partial charge < -0.3 is 59.6 Å². The number of aliphatic hydroxyl groups is 8. The molecule has 12 heteroatoms. The zero-order valence-electron chi connectivity index (χ0n) is 25.8. The summed E-state index contributed by atoms with van der Waals surface area (Å²) in [5.74, 6) is 11.3. The third-order valence-electron chi connectivity index (χ3n) is 7.79. The molecule has 12 nitrogen and oxygen atoms in total. The first-order chi connectivity index (χ1) is 21.8. The normalized spacial score (nSPS) is 34.0. The van der Waals surface area contributed by atoms with Gasteiger partial charge in [0.05, 0.1) is 35.0 Å². The molecule has 2 aromatic carbocycles. The molecule has 230 valence electrons. The topological polar surface area (TPSA) is 194 Å². The van der Waals surface area contributed by atoms with Crippen LogP contribution in [-0.2, 0) is 20.8 Å². The van der Waals surface area contributed by atoms with Crippen LogP contribution in [0.4, 0.5) is 0 Å². The Hall–Kier alpha value is -3.08. The maximum Gasteiger partial charge on any atom is 0.147 e. The number of hydrogen-bond acceptors (Lipinski definition) is 11. The number of benzene rings is 2. The lowest BCUT2D eigenvalue weighted by molar-refractivity contribution is -0.214. The third-order valence-corrected chi connectivity index (χ3v) is 7.79. The summed E-state index contributed by atoms with van der Waals surface area (Å²) in [6, 6.07) is 10.6. The van der Waals surface area contributed by atoms with E-state index in [0.29, 0.717) is 22.2 Å². The van der Waals surface area contributed by atoms with Gasteiger partial charge in [-0.2, -0.15) is 0 Å². The Morgan fingerprint density at radius 2 is 1.19 bits per heavy atom. The zero-order valence-corrected chi connectivity index (χ0v) is 22.8. The van der Waals surface area contributed by atoms with Crippen LogP contribution < -0.4 is 0 Å². The van der Waals surface area contributed by atoms with Crippen LogP contribution in [-0.4, -0.2) is 133 Å². The standard InChI is InChI=1S/C31H35NO11/c1-41-11-10-32-20-12-16(4-8-22-26(35)30(39)28(37)24(14-33)42-22)2-6-18(20)19-7-3-17(13-21(19)32)5-9-23-27(36)31(40)29(38)25(15-34)43-23/h2-3,6-7,12-13,22-31,33-40H,10-11,14-15H2,1H3/t22-,23-,24-,25-,26-,27-,28-,29-,30-,31-/m1/s1/i1D3. The number of rotatable bonds is 5. The van der Waals surface area contributed by atoms with Crippen molar-refractivity contribution in [2.75, 3.05) is 26.9 Å². The van der Waals surface area contributed by atoms with Crippen molar-refractivity contribution < 1.29 is 59.2 Å². The van der Waals surface area contributed by atoms with Gasteiger partial charge in [-0.3, -0.25) is 0 Å². The summed E-state index contributed by atoms with van der Waals surface area (Å²) in [5, 5.41) is 81.4. The van der Waals surface area contributed by atoms with Crippen molar-refractivity contribution in [2.45, 2.75) is 67.6 Å². The Balaban J connectivity index is 1.50. The van der Waals surface area contributed by atoms with Crippen LogP contribution in [0.25, 0.3) is 21.8 Å². The summed E-state index contributed by atoms with van der Waals surface area (Å²) >= 11 is 0. The van der Waals surface area contributed by atoms with Crippen LogP contribution in [0.3, 0.4) is 0 Å². The average molecular weight is 601 g/mol. The quantitative estimate of drug-likeness (QED) is 0.149. The lowest BCUT2D eigenvalue weighted by Gasteiger charge is -2.37. The van der Waals surface area contributed by atoms with Crippen LogP contribution in [0.1, 0.15) is 15.2 Å². The molecule has 2 saturated heterocycles. The Morgan fingerprint density at radius 1 is 0.721 bits per heavy atom. The molecule has 3 heterocycles. The second kappa shape index (κ2) is 13.3. The Morgan fingerprint density at radius 3 is 1.60 bits per heavy atom. The SMILES string of the molecule is [2H]C([2H])([2H])OCCn1c2cc(C#C[C@H]3O[C@H](CO)[C@@H](O)[C@H](O)[C@@H]3O)ccc2c2ccc(C#C[C@H]3O[C@H](CO)[C@@H](O)[C@H](O)[C@@H]3O)cc21. The smallest absolute Gasteiger partial charge is 0.147 e. The number of aromatic nitrogens is 1. The molecule has 0 bridgehead atoms. The summed E-state index contributed by atoms with van der Waals surface area (Å²) in [6.07, 6.45) is -13.7. The molecule has 43 heavy (non-hydrogen) atoms. The van der Waals surface area contributed by atoms with Crippen LogP contribution >= 0.6 is 0 Å². The van der Waals surface area contributed by atoms with Gasteiger partial charge >= 0.3 is 0 Å². The van der Waals surface area contributed by atoms with E-state index in [4.69, 9.17) is 18.3 Å². The zero-order chi connectivity index (χ0) is 33.3. The molecule has 3 aromatic rings. The summed E-state index contributed by atoms with van der Waals surface area (Å²) in [7, 11) is -2.61. The van der Waals surface area contributed by atoms with Gasteiger partial charge in [-0.25, -0.2) is 0 Å². The highest BCUT2D eigenvalue weighted by Crippen LogP contribution is 2.31. The van der Waals surface area contributed by atoms with E-state index >= 15 is 0 Å². The number of aliphatic hydroxyl groups excluding tert-OH is 8. The monoisotopic (exact) mass is 600 g/mol. The Bertz CT molecular complexity index is 1560. The molecule has 5 rings (SSSR count). The van der Waals surface area contributed by atoms with Crippen molar-refractivity contribution in [3.8, 4) is 23.7 Å². The predicted molar refractivity (Wildman–Crippen MR) is 153 cm³/mol. The third kappa shape index (κ3) is 6.14. The van der Waals surface area contributed by atoms with E-state index in [2.05, 4.69) is 23.7 Å². The van der Waals surface area contributed by atoms with E-state index < -0.39 is 81.3 Å². The molecular formula is C31H35NO11. The highest BCUT2D eigenvalue weighted by molar-refractivity contribution is 6.08. The molecule has 2 aliphatic rings. The van der Waals surface area contributed by atoms with E-state index in [9.17, 15) is 40.9 Å². The van der Waals surface area contributed by atoms with Crippen LogP contribution in [0, 0.1) is 23.7 Å². The van der Waals surface area contributed by atoms with Crippen molar-refractivity contribution in [3.63, 3.8) is 0 Å². The fourth-order valence-corrected chi connectivity index (χ4v) is 5.38. The molecule has 0 saturated carbocycles. The van der Waals surface area contributed by atoms with Crippen LogP contribution in [0.15, 0.2) is 36.4 Å². The number of hydrogen-bond donors (Lipinski definition) is 8. The number of nitrogens with zero attached hydrogens (tertiary/aromatic N) is 1. The van der Waals surface area contributed by atoms with Gasteiger partial charge in [0.2, 0.25) is 0 Å². The molecule has 2 fully saturated rings. The van der Waals surface area contributed by atoms with Crippen molar-refractivity contribution in [1.82, 2.24) is 4.57 Å². The molecular weight excluding hydrogens is 562 g/mol. The van der Waals surface area contributed by atoms with E-state index in [1.807, 2.05) is 16.7 Å². The van der Waals surface area contributed by atoms with Crippen LogP contribution in [0.2, 0.25) is 0 Å². The fraction of sp³-hybridized carbons (Fsp3) is 0.484. The molecule has 1 aromatic heterocycles.